The number of thiazole rings is 1. The zero-order valence-corrected chi connectivity index (χ0v) is 18.9. The number of ether oxygens (including phenoxy) is 2. The second kappa shape index (κ2) is 9.55. The summed E-state index contributed by atoms with van der Waals surface area (Å²) in [6.45, 7) is 3.14. The zero-order valence-electron chi connectivity index (χ0n) is 17.3. The van der Waals surface area contributed by atoms with Crippen LogP contribution in [0.15, 0.2) is 35.8 Å². The Labute approximate surface area is 187 Å². The molecule has 0 bridgehead atoms. The largest absolute Gasteiger partial charge is 0.497 e. The summed E-state index contributed by atoms with van der Waals surface area (Å²) >= 11 is 2.48. The summed E-state index contributed by atoms with van der Waals surface area (Å²) in [6.07, 6.45) is 1.48. The van der Waals surface area contributed by atoms with Gasteiger partial charge in [-0.25, -0.2) is 9.78 Å². The predicted octanol–water partition coefficient (Wildman–Crippen LogP) is 5.15. The topological polar surface area (TPSA) is 101 Å². The van der Waals surface area contributed by atoms with Crippen LogP contribution in [0.3, 0.4) is 0 Å². The molecule has 0 amide bonds. The van der Waals surface area contributed by atoms with Gasteiger partial charge in [0.15, 0.2) is 5.78 Å². The molecule has 0 spiro atoms. The van der Waals surface area contributed by atoms with Crippen molar-refractivity contribution in [3.63, 3.8) is 0 Å². The van der Waals surface area contributed by atoms with Gasteiger partial charge in [0.2, 0.25) is 0 Å². The molecule has 0 aliphatic carbocycles. The maximum Gasteiger partial charge on any atom is 0.341 e. The molecular weight excluding hydrogens is 434 g/mol. The smallest absolute Gasteiger partial charge is 0.341 e. The Bertz CT molecular complexity index is 1200. The Kier molecular flexibility index (Phi) is 6.84. The van der Waals surface area contributed by atoms with Crippen LogP contribution in [-0.4, -0.2) is 31.0 Å². The van der Waals surface area contributed by atoms with Crippen molar-refractivity contribution in [2.24, 2.45) is 0 Å². The Morgan fingerprint density at radius 1 is 1.23 bits per heavy atom. The van der Waals surface area contributed by atoms with Crippen LogP contribution < -0.4 is 10.1 Å². The lowest BCUT2D eigenvalue weighted by Crippen LogP contribution is -2.05. The van der Waals surface area contributed by atoms with Gasteiger partial charge in [-0.15, -0.1) is 22.7 Å². The fourth-order valence-corrected chi connectivity index (χ4v) is 4.72. The number of Topliss-reactive ketones (excluding diaryl/α,β-unsaturated/α-hetero) is 1. The summed E-state index contributed by atoms with van der Waals surface area (Å²) in [7, 11) is 2.89. The maximum absolute atomic E-state index is 12.2. The van der Waals surface area contributed by atoms with Crippen LogP contribution in [0.4, 0.5) is 5.00 Å². The number of ketones is 1. The van der Waals surface area contributed by atoms with E-state index in [2.05, 4.69) is 16.4 Å². The van der Waals surface area contributed by atoms with Gasteiger partial charge in [-0.2, -0.15) is 5.26 Å². The average molecular weight is 454 g/mol. The van der Waals surface area contributed by atoms with Crippen LogP contribution in [-0.2, 0) is 4.74 Å². The molecule has 0 atom stereocenters. The normalized spacial score (nSPS) is 11.0. The van der Waals surface area contributed by atoms with Crippen molar-refractivity contribution >= 4 is 45.0 Å². The highest BCUT2D eigenvalue weighted by Crippen LogP contribution is 2.35. The minimum atomic E-state index is -0.549. The Morgan fingerprint density at radius 3 is 2.52 bits per heavy atom. The van der Waals surface area contributed by atoms with E-state index in [1.165, 1.54) is 31.6 Å². The van der Waals surface area contributed by atoms with Gasteiger partial charge in [0, 0.05) is 17.1 Å². The third kappa shape index (κ3) is 4.66. The number of thiophene rings is 1. The van der Waals surface area contributed by atoms with Gasteiger partial charge in [-0.1, -0.05) is 0 Å². The van der Waals surface area contributed by atoms with E-state index in [1.54, 1.807) is 14.0 Å². The lowest BCUT2D eigenvalue weighted by atomic mass is 10.1. The first-order valence-corrected chi connectivity index (χ1v) is 10.8. The summed E-state index contributed by atoms with van der Waals surface area (Å²) in [5, 5.41) is 15.5. The quantitative estimate of drug-likeness (QED) is 0.300. The first kappa shape index (κ1) is 22.2. The van der Waals surface area contributed by atoms with Gasteiger partial charge in [0.1, 0.15) is 27.4 Å². The molecule has 3 aromatic rings. The van der Waals surface area contributed by atoms with Gasteiger partial charge >= 0.3 is 5.97 Å². The van der Waals surface area contributed by atoms with E-state index in [0.29, 0.717) is 26.0 Å². The van der Waals surface area contributed by atoms with E-state index >= 15 is 0 Å². The molecule has 7 nitrogen and oxygen atoms in total. The number of nitrogens with one attached hydrogen (secondary N) is 1. The van der Waals surface area contributed by atoms with Crippen molar-refractivity contribution in [1.29, 1.82) is 5.26 Å². The highest BCUT2D eigenvalue weighted by molar-refractivity contribution is 7.18. The molecule has 0 unspecified atom stereocenters. The summed E-state index contributed by atoms with van der Waals surface area (Å²) in [6, 6.07) is 9.60. The molecule has 0 aliphatic heterocycles. The number of nitrogens with zero attached hydrogens (tertiary/aromatic N) is 2. The molecule has 2 heterocycles. The molecule has 1 N–H and O–H groups in total. The van der Waals surface area contributed by atoms with Gasteiger partial charge < -0.3 is 14.8 Å². The molecular formula is C22H19N3O4S2. The molecule has 0 aliphatic rings. The maximum atomic E-state index is 12.2. The van der Waals surface area contributed by atoms with E-state index in [9.17, 15) is 14.9 Å². The highest BCUT2D eigenvalue weighted by Gasteiger charge is 2.23. The lowest BCUT2D eigenvalue weighted by Gasteiger charge is -2.03. The third-order valence-electron chi connectivity index (χ3n) is 4.44. The van der Waals surface area contributed by atoms with E-state index in [0.717, 1.165) is 28.3 Å². The first-order chi connectivity index (χ1) is 14.9. The second-order valence-corrected chi connectivity index (χ2v) is 8.27. The third-order valence-corrected chi connectivity index (χ3v) is 6.64. The molecule has 2 aromatic heterocycles. The molecule has 0 radical (unpaired) electrons. The fraction of sp³-hybridized carbons (Fsp3) is 0.182. The molecule has 0 fully saturated rings. The van der Waals surface area contributed by atoms with Gasteiger partial charge in [0.25, 0.3) is 0 Å². The number of allylic oxidation sites excluding steroid dienone is 1. The Hall–Kier alpha value is -3.48. The van der Waals surface area contributed by atoms with Crippen molar-refractivity contribution < 1.29 is 19.1 Å². The van der Waals surface area contributed by atoms with Crippen molar-refractivity contribution in [1.82, 2.24) is 4.98 Å². The Balaban J connectivity index is 1.91. The number of esters is 1. The standard InChI is InChI=1S/C22H19N3O4S2/c1-12-18(22(27)29-4)21(31-19(12)13(2)26)24-10-15(9-23)20-25-17(11-30-20)14-5-7-16(28-3)8-6-14/h5-8,10-11,24H,1-4H3/b15-10-. The number of hydrogen-bond acceptors (Lipinski definition) is 9. The van der Waals surface area contributed by atoms with Crippen molar-refractivity contribution in [3.8, 4) is 23.1 Å². The van der Waals surface area contributed by atoms with E-state index in [-0.39, 0.29) is 11.3 Å². The summed E-state index contributed by atoms with van der Waals surface area (Å²) in [5.41, 5.74) is 2.78. The van der Waals surface area contributed by atoms with E-state index in [4.69, 9.17) is 9.47 Å². The van der Waals surface area contributed by atoms with Crippen molar-refractivity contribution in [3.05, 3.63) is 56.9 Å². The summed E-state index contributed by atoms with van der Waals surface area (Å²) in [5.74, 6) is 0.0551. The van der Waals surface area contributed by atoms with Crippen molar-refractivity contribution in [2.45, 2.75) is 13.8 Å². The van der Waals surface area contributed by atoms with Gasteiger partial charge in [0.05, 0.1) is 30.4 Å². The van der Waals surface area contributed by atoms with E-state index in [1.807, 2.05) is 29.6 Å². The van der Waals surface area contributed by atoms with Gasteiger partial charge in [-0.05, 0) is 43.7 Å². The number of nitriles is 1. The summed E-state index contributed by atoms with van der Waals surface area (Å²) < 4.78 is 10.0. The SMILES string of the molecule is COC(=O)c1c(N/C=C(/C#N)c2nc(-c3ccc(OC)cc3)cs2)sc(C(C)=O)c1C. The van der Waals surface area contributed by atoms with Gasteiger partial charge in [-0.3, -0.25) is 4.79 Å². The number of aromatic nitrogens is 1. The molecule has 0 saturated carbocycles. The molecule has 0 saturated heterocycles. The zero-order chi connectivity index (χ0) is 22.5. The number of anilines is 1. The number of rotatable bonds is 7. The minimum absolute atomic E-state index is 0.144. The number of hydrogen-bond donors (Lipinski definition) is 1. The Morgan fingerprint density at radius 2 is 1.94 bits per heavy atom. The number of methoxy groups -OCH3 is 2. The molecule has 3 rings (SSSR count). The summed E-state index contributed by atoms with van der Waals surface area (Å²) in [4.78, 5) is 29.1. The number of carbonyl (C=O) groups excluding carboxylic acids is 2. The van der Waals surface area contributed by atoms with E-state index < -0.39 is 5.97 Å². The second-order valence-electron chi connectivity index (χ2n) is 6.39. The highest BCUT2D eigenvalue weighted by atomic mass is 32.1. The average Bonchev–Trinajstić information content (AvgIpc) is 3.39. The van der Waals surface area contributed by atoms with Crippen LogP contribution >= 0.6 is 22.7 Å². The number of benzene rings is 1. The fourth-order valence-electron chi connectivity index (χ4n) is 2.87. The van der Waals surface area contributed by atoms with Crippen LogP contribution in [0, 0.1) is 18.3 Å². The van der Waals surface area contributed by atoms with Crippen molar-refractivity contribution in [2.75, 3.05) is 19.5 Å². The van der Waals surface area contributed by atoms with Crippen LogP contribution in [0.1, 0.15) is 37.5 Å². The minimum Gasteiger partial charge on any atom is -0.497 e. The monoisotopic (exact) mass is 453 g/mol. The molecule has 9 heteroatoms. The molecule has 31 heavy (non-hydrogen) atoms. The van der Waals surface area contributed by atoms with Crippen LogP contribution in [0.5, 0.6) is 5.75 Å². The molecule has 1 aromatic carbocycles. The first-order valence-electron chi connectivity index (χ1n) is 9.09. The van der Waals surface area contributed by atoms with Crippen LogP contribution in [0.25, 0.3) is 16.8 Å². The number of carbonyl (C=O) groups is 2. The van der Waals surface area contributed by atoms with Crippen LogP contribution in [0.2, 0.25) is 0 Å². The lowest BCUT2D eigenvalue weighted by molar-refractivity contribution is 0.0601. The molecule has 158 valence electrons. The predicted molar refractivity (Wildman–Crippen MR) is 122 cm³/mol.